The van der Waals surface area contributed by atoms with Crippen LogP contribution in [0, 0.1) is 0 Å². The van der Waals surface area contributed by atoms with Crippen molar-refractivity contribution in [3.63, 3.8) is 0 Å². The van der Waals surface area contributed by atoms with E-state index in [0.29, 0.717) is 12.1 Å². The largest absolute Gasteiger partial charge is 0.489 e. The second-order valence-corrected chi connectivity index (χ2v) is 11.2. The van der Waals surface area contributed by atoms with Gasteiger partial charge in [-0.2, -0.15) is 0 Å². The van der Waals surface area contributed by atoms with Crippen molar-refractivity contribution in [3.05, 3.63) is 65.2 Å². The quantitative estimate of drug-likeness (QED) is 0.587. The van der Waals surface area contributed by atoms with Crippen LogP contribution in [0.5, 0.6) is 5.75 Å². The Kier molecular flexibility index (Phi) is 6.51. The zero-order chi connectivity index (χ0) is 24.6. The fourth-order valence-electron chi connectivity index (χ4n) is 6.86. The third-order valence-corrected chi connectivity index (χ3v) is 8.68. The van der Waals surface area contributed by atoms with Crippen LogP contribution in [0.15, 0.2) is 54.1 Å². The van der Waals surface area contributed by atoms with E-state index >= 15 is 0 Å². The van der Waals surface area contributed by atoms with Gasteiger partial charge in [0.2, 0.25) is 0 Å². The molecule has 1 amide bonds. The van der Waals surface area contributed by atoms with Crippen molar-refractivity contribution in [2.75, 3.05) is 37.6 Å². The molecule has 190 valence electrons. The molecule has 4 aliphatic rings. The van der Waals surface area contributed by atoms with Crippen molar-refractivity contribution in [2.45, 2.75) is 70.6 Å². The molecule has 1 saturated carbocycles. The fourth-order valence-corrected chi connectivity index (χ4v) is 6.86. The second-order valence-electron chi connectivity index (χ2n) is 11.2. The Morgan fingerprint density at radius 2 is 1.53 bits per heavy atom. The fraction of sp³-hybridized carbons (Fsp3) is 0.516. The van der Waals surface area contributed by atoms with Crippen molar-refractivity contribution in [2.24, 2.45) is 0 Å². The van der Waals surface area contributed by atoms with Gasteiger partial charge >= 0.3 is 0 Å². The van der Waals surface area contributed by atoms with Crippen LogP contribution >= 0.6 is 0 Å². The molecule has 6 rings (SSSR count). The number of benzene rings is 2. The maximum absolute atomic E-state index is 13.5. The van der Waals surface area contributed by atoms with E-state index in [-0.39, 0.29) is 12.0 Å². The highest BCUT2D eigenvalue weighted by Gasteiger charge is 2.39. The minimum atomic E-state index is 0.181. The predicted molar refractivity (Wildman–Crippen MR) is 145 cm³/mol. The molecule has 0 N–H and O–H groups in total. The number of piperazine rings is 1. The first-order valence-corrected chi connectivity index (χ1v) is 13.9. The Morgan fingerprint density at radius 1 is 0.833 bits per heavy atom. The number of anilines is 1. The lowest BCUT2D eigenvalue weighted by molar-refractivity contribution is -0.126. The summed E-state index contributed by atoms with van der Waals surface area (Å²) in [6, 6.07) is 18.0. The number of rotatable bonds is 5. The monoisotopic (exact) mass is 485 g/mol. The summed E-state index contributed by atoms with van der Waals surface area (Å²) in [7, 11) is 0. The maximum atomic E-state index is 13.5. The van der Waals surface area contributed by atoms with Crippen LogP contribution in [-0.4, -0.2) is 66.6 Å². The molecule has 0 unspecified atom stereocenters. The molecule has 0 radical (unpaired) electrons. The molecular formula is C31H39N3O2. The average molecular weight is 486 g/mol. The predicted octanol–water partition coefficient (Wildman–Crippen LogP) is 5.15. The summed E-state index contributed by atoms with van der Waals surface area (Å²) in [5.74, 6) is 1.28. The summed E-state index contributed by atoms with van der Waals surface area (Å²) in [4.78, 5) is 20.9. The summed E-state index contributed by atoms with van der Waals surface area (Å²) in [6.45, 7) is 9.31. The van der Waals surface area contributed by atoms with Crippen molar-refractivity contribution in [1.29, 1.82) is 0 Å². The first-order valence-electron chi connectivity index (χ1n) is 13.9. The van der Waals surface area contributed by atoms with Crippen molar-refractivity contribution >= 4 is 17.2 Å². The Hall–Kier alpha value is -2.79. The van der Waals surface area contributed by atoms with E-state index in [1.54, 1.807) is 0 Å². The lowest BCUT2D eigenvalue weighted by Gasteiger charge is -2.44. The van der Waals surface area contributed by atoms with Crippen LogP contribution in [0.25, 0.3) is 5.57 Å². The van der Waals surface area contributed by atoms with Crippen molar-refractivity contribution in [1.82, 2.24) is 9.80 Å². The van der Waals surface area contributed by atoms with Gasteiger partial charge in [-0.3, -0.25) is 9.69 Å². The molecule has 5 nitrogen and oxygen atoms in total. The van der Waals surface area contributed by atoms with Gasteiger partial charge < -0.3 is 14.5 Å². The Balaban J connectivity index is 1.03. The number of hydrogen-bond acceptors (Lipinski definition) is 4. The molecule has 2 fully saturated rings. The van der Waals surface area contributed by atoms with Crippen molar-refractivity contribution in [3.8, 4) is 5.75 Å². The molecule has 2 aromatic carbocycles. The third kappa shape index (κ3) is 4.43. The molecule has 0 atom stereocenters. The molecule has 1 saturated heterocycles. The smallest absolute Gasteiger partial charge is 0.255 e. The molecule has 36 heavy (non-hydrogen) atoms. The highest BCUT2D eigenvalue weighted by molar-refractivity contribution is 6.23. The van der Waals surface area contributed by atoms with Crippen LogP contribution in [0.4, 0.5) is 5.69 Å². The molecule has 0 spiro atoms. The zero-order valence-electron chi connectivity index (χ0n) is 21.8. The number of para-hydroxylation sites is 2. The van der Waals surface area contributed by atoms with Crippen molar-refractivity contribution < 1.29 is 9.53 Å². The van der Waals surface area contributed by atoms with Crippen LogP contribution in [0.2, 0.25) is 0 Å². The van der Waals surface area contributed by atoms with Gasteiger partial charge in [-0.25, -0.2) is 0 Å². The van der Waals surface area contributed by atoms with Gasteiger partial charge in [-0.1, -0.05) is 36.4 Å². The molecular weight excluding hydrogens is 446 g/mol. The van der Waals surface area contributed by atoms with Gasteiger partial charge in [0.15, 0.2) is 0 Å². The first kappa shape index (κ1) is 23.6. The first-order chi connectivity index (χ1) is 17.6. The number of ether oxygens (including phenoxy) is 1. The Morgan fingerprint density at radius 3 is 2.31 bits per heavy atom. The van der Waals surface area contributed by atoms with E-state index in [2.05, 4.69) is 77.1 Å². The number of nitrogens with zero attached hydrogens (tertiary/aromatic N) is 3. The number of hydrogen-bond donors (Lipinski definition) is 0. The molecule has 0 bridgehead atoms. The van der Waals surface area contributed by atoms with Crippen LogP contribution in [0.3, 0.4) is 0 Å². The number of aryl methyl sites for hydroxylation is 1. The summed E-state index contributed by atoms with van der Waals surface area (Å²) in [5.41, 5.74) is 6.15. The molecule has 2 aliphatic heterocycles. The summed E-state index contributed by atoms with van der Waals surface area (Å²) < 4.78 is 6.07. The van der Waals surface area contributed by atoms with Gasteiger partial charge in [0.25, 0.3) is 5.91 Å². The normalized spacial score (nSPS) is 24.8. The van der Waals surface area contributed by atoms with E-state index in [1.165, 1.54) is 35.2 Å². The van der Waals surface area contributed by atoms with Crippen LogP contribution in [-0.2, 0) is 11.2 Å². The summed E-state index contributed by atoms with van der Waals surface area (Å²) in [6.07, 6.45) is 6.95. The lowest BCUT2D eigenvalue weighted by atomic mass is 9.87. The Bertz CT molecular complexity index is 1140. The van der Waals surface area contributed by atoms with Crippen LogP contribution in [0.1, 0.15) is 57.1 Å². The SMILES string of the molecule is CC(C)Oc1ccccc1N1CCN(C2CCC(N3CC4=C(C3=O)c3ccccc3CC4)CC2)CC1. The topological polar surface area (TPSA) is 36.0 Å². The van der Waals surface area contributed by atoms with Gasteiger partial charge in [-0.05, 0) is 81.2 Å². The van der Waals surface area contributed by atoms with Crippen LogP contribution < -0.4 is 9.64 Å². The zero-order valence-corrected chi connectivity index (χ0v) is 21.8. The molecule has 2 heterocycles. The van der Waals surface area contributed by atoms with Gasteiger partial charge in [0.1, 0.15) is 5.75 Å². The highest BCUT2D eigenvalue weighted by atomic mass is 16.5. The summed E-state index contributed by atoms with van der Waals surface area (Å²) >= 11 is 0. The van der Waals surface area contributed by atoms with E-state index in [1.807, 2.05) is 0 Å². The molecule has 5 heteroatoms. The second kappa shape index (κ2) is 9.93. The molecule has 0 aromatic heterocycles. The number of amides is 1. The molecule has 2 aliphatic carbocycles. The summed E-state index contributed by atoms with van der Waals surface area (Å²) in [5, 5.41) is 0. The Labute approximate surface area is 215 Å². The van der Waals surface area contributed by atoms with Gasteiger partial charge in [0, 0.05) is 50.4 Å². The lowest BCUT2D eigenvalue weighted by Crippen LogP contribution is -2.52. The van der Waals surface area contributed by atoms with E-state index in [9.17, 15) is 4.79 Å². The molecule has 2 aromatic rings. The number of carbonyl (C=O) groups is 1. The highest BCUT2D eigenvalue weighted by Crippen LogP contribution is 2.40. The third-order valence-electron chi connectivity index (χ3n) is 8.68. The van der Waals surface area contributed by atoms with E-state index in [4.69, 9.17) is 4.74 Å². The maximum Gasteiger partial charge on any atom is 0.255 e. The number of fused-ring (bicyclic) bond motifs is 2. The minimum absolute atomic E-state index is 0.181. The van der Waals surface area contributed by atoms with Gasteiger partial charge in [0.05, 0.1) is 11.8 Å². The van der Waals surface area contributed by atoms with E-state index < -0.39 is 0 Å². The van der Waals surface area contributed by atoms with E-state index in [0.717, 1.165) is 69.7 Å². The number of carbonyl (C=O) groups excluding carboxylic acids is 1. The minimum Gasteiger partial charge on any atom is -0.489 e. The average Bonchev–Trinajstić information content (AvgIpc) is 3.26. The van der Waals surface area contributed by atoms with Gasteiger partial charge in [-0.15, -0.1) is 0 Å². The standard InChI is InChI=1S/C31H39N3O2/c1-22(2)36-29-10-6-5-9-28(29)33-19-17-32(18-20-33)25-13-15-26(16-14-25)34-21-24-12-11-23-7-3-4-8-27(23)30(24)31(34)35/h3-10,22,25-26H,11-21H2,1-2H3.